The molecule has 0 radical (unpaired) electrons. The molecule has 130 valence electrons. The maximum Gasteiger partial charge on any atom is 0.123 e. The van der Waals surface area contributed by atoms with Crippen LogP contribution in [0.4, 0.5) is 10.1 Å². The fourth-order valence-electron chi connectivity index (χ4n) is 3.13. The van der Waals surface area contributed by atoms with Crippen LogP contribution in [0.3, 0.4) is 0 Å². The van der Waals surface area contributed by atoms with Gasteiger partial charge in [-0.1, -0.05) is 53.5 Å². The lowest BCUT2D eigenvalue weighted by Gasteiger charge is -2.24. The Morgan fingerprint density at radius 1 is 0.885 bits per heavy atom. The predicted octanol–water partition coefficient (Wildman–Crippen LogP) is 6.49. The number of hydrogen-bond acceptors (Lipinski definition) is 2. The topological polar surface area (TPSA) is 15.6 Å². The summed E-state index contributed by atoms with van der Waals surface area (Å²) >= 11 is 12.2. The smallest absolute Gasteiger partial charge is 0.123 e. The monoisotopic (exact) mass is 384 g/mol. The second-order valence-corrected chi connectivity index (χ2v) is 7.02. The summed E-state index contributed by atoms with van der Waals surface area (Å²) < 4.78 is 13.3. The molecule has 0 saturated heterocycles. The molecule has 3 aromatic carbocycles. The molecule has 3 aromatic rings. The maximum absolute atomic E-state index is 13.3. The average Bonchev–Trinajstić information content (AvgIpc) is 3.08. The van der Waals surface area contributed by atoms with Crippen LogP contribution in [0.2, 0.25) is 10.0 Å². The first kappa shape index (κ1) is 17.1. The van der Waals surface area contributed by atoms with Crippen molar-refractivity contribution < 1.29 is 4.39 Å². The lowest BCUT2D eigenvalue weighted by Crippen LogP contribution is -2.18. The number of halogens is 3. The molecule has 0 amide bonds. The largest absolute Gasteiger partial charge is 0.257 e. The summed E-state index contributed by atoms with van der Waals surface area (Å²) in [6.45, 7) is 0. The molecule has 0 saturated carbocycles. The van der Waals surface area contributed by atoms with E-state index in [0.717, 1.165) is 22.5 Å². The molecule has 26 heavy (non-hydrogen) atoms. The van der Waals surface area contributed by atoms with E-state index < -0.39 is 0 Å². The van der Waals surface area contributed by atoms with E-state index in [1.165, 1.54) is 12.1 Å². The number of hydrazone groups is 1. The van der Waals surface area contributed by atoms with Gasteiger partial charge in [0, 0.05) is 16.5 Å². The molecule has 1 atom stereocenters. The van der Waals surface area contributed by atoms with Crippen molar-refractivity contribution in [2.45, 2.75) is 12.5 Å². The average molecular weight is 385 g/mol. The maximum atomic E-state index is 13.3. The van der Waals surface area contributed by atoms with Crippen molar-refractivity contribution in [3.05, 3.63) is 99.8 Å². The Balaban J connectivity index is 1.75. The summed E-state index contributed by atoms with van der Waals surface area (Å²) in [7, 11) is 0. The van der Waals surface area contributed by atoms with Gasteiger partial charge in [0.15, 0.2) is 0 Å². The summed E-state index contributed by atoms with van der Waals surface area (Å²) in [5.41, 5.74) is 3.84. The van der Waals surface area contributed by atoms with Gasteiger partial charge >= 0.3 is 0 Å². The quantitative estimate of drug-likeness (QED) is 0.503. The Labute approximate surface area is 161 Å². The van der Waals surface area contributed by atoms with Crippen molar-refractivity contribution in [2.75, 3.05) is 5.01 Å². The highest BCUT2D eigenvalue weighted by Gasteiger charge is 2.30. The molecule has 2 nitrogen and oxygen atoms in total. The minimum atomic E-state index is -0.256. The SMILES string of the molecule is Fc1ccc(C2=NN(c3cccc(Cl)c3)[C@@H](c3ccc(Cl)cc3)C2)cc1. The van der Waals surface area contributed by atoms with E-state index in [1.54, 1.807) is 12.1 Å². The van der Waals surface area contributed by atoms with Crippen LogP contribution in [0.1, 0.15) is 23.6 Å². The van der Waals surface area contributed by atoms with Gasteiger partial charge < -0.3 is 0 Å². The number of hydrogen-bond donors (Lipinski definition) is 0. The van der Waals surface area contributed by atoms with Gasteiger partial charge in [-0.2, -0.15) is 5.10 Å². The highest BCUT2D eigenvalue weighted by molar-refractivity contribution is 6.31. The molecule has 5 heteroatoms. The van der Waals surface area contributed by atoms with Crippen LogP contribution in [0, 0.1) is 5.82 Å². The first-order valence-corrected chi connectivity index (χ1v) is 8.99. The second-order valence-electron chi connectivity index (χ2n) is 6.15. The van der Waals surface area contributed by atoms with E-state index in [4.69, 9.17) is 28.3 Å². The summed E-state index contributed by atoms with van der Waals surface area (Å²) in [6, 6.07) is 21.8. The van der Waals surface area contributed by atoms with Crippen LogP contribution >= 0.6 is 23.2 Å². The molecule has 0 unspecified atom stereocenters. The minimum absolute atomic E-state index is 0.0192. The molecule has 0 N–H and O–H groups in total. The third-order valence-electron chi connectivity index (χ3n) is 4.42. The summed E-state index contributed by atoms with van der Waals surface area (Å²) in [4.78, 5) is 0. The Kier molecular flexibility index (Phi) is 4.66. The van der Waals surface area contributed by atoms with Crippen LogP contribution in [0.25, 0.3) is 0 Å². The molecular formula is C21H15Cl2FN2. The molecule has 0 aromatic heterocycles. The molecule has 0 bridgehead atoms. The van der Waals surface area contributed by atoms with Crippen molar-refractivity contribution in [1.82, 2.24) is 0 Å². The molecule has 1 aliphatic rings. The summed E-state index contributed by atoms with van der Waals surface area (Å²) in [5, 5.41) is 8.13. The van der Waals surface area contributed by atoms with Crippen LogP contribution in [0.5, 0.6) is 0 Å². The number of benzene rings is 3. The van der Waals surface area contributed by atoms with E-state index in [9.17, 15) is 4.39 Å². The normalized spacial score (nSPS) is 16.7. The predicted molar refractivity (Wildman–Crippen MR) is 106 cm³/mol. The minimum Gasteiger partial charge on any atom is -0.257 e. The van der Waals surface area contributed by atoms with Crippen molar-refractivity contribution in [3.63, 3.8) is 0 Å². The van der Waals surface area contributed by atoms with Crippen molar-refractivity contribution in [2.24, 2.45) is 5.10 Å². The fourth-order valence-corrected chi connectivity index (χ4v) is 3.44. The van der Waals surface area contributed by atoms with Gasteiger partial charge in [-0.05, 0) is 53.6 Å². The van der Waals surface area contributed by atoms with Gasteiger partial charge in [-0.3, -0.25) is 5.01 Å². The Morgan fingerprint density at radius 2 is 1.62 bits per heavy atom. The highest BCUT2D eigenvalue weighted by Crippen LogP contribution is 2.37. The molecule has 0 fully saturated rings. The standard InChI is InChI=1S/C21H15Cl2FN2/c22-16-8-4-15(5-9-16)21-13-20(14-6-10-18(24)11-7-14)25-26(21)19-3-1-2-17(23)12-19/h1-12,21H,13H2/t21-/m1/s1. The van der Waals surface area contributed by atoms with Crippen molar-refractivity contribution in [3.8, 4) is 0 Å². The zero-order valence-corrected chi connectivity index (χ0v) is 15.3. The van der Waals surface area contributed by atoms with Crippen LogP contribution in [0.15, 0.2) is 77.9 Å². The fraction of sp³-hybridized carbons (Fsp3) is 0.0952. The van der Waals surface area contributed by atoms with E-state index in [-0.39, 0.29) is 11.9 Å². The van der Waals surface area contributed by atoms with Crippen LogP contribution < -0.4 is 5.01 Å². The Bertz CT molecular complexity index is 953. The zero-order chi connectivity index (χ0) is 18.1. The molecule has 0 spiro atoms. The van der Waals surface area contributed by atoms with Gasteiger partial charge in [0.05, 0.1) is 17.4 Å². The summed E-state index contributed by atoms with van der Waals surface area (Å²) in [5.74, 6) is -0.256. The van der Waals surface area contributed by atoms with Gasteiger partial charge in [0.2, 0.25) is 0 Å². The van der Waals surface area contributed by atoms with Gasteiger partial charge in [-0.25, -0.2) is 4.39 Å². The molecule has 0 aliphatic carbocycles. The van der Waals surface area contributed by atoms with Crippen molar-refractivity contribution >= 4 is 34.6 Å². The second kappa shape index (κ2) is 7.10. The zero-order valence-electron chi connectivity index (χ0n) is 13.7. The van der Waals surface area contributed by atoms with Gasteiger partial charge in [0.25, 0.3) is 0 Å². The van der Waals surface area contributed by atoms with Crippen molar-refractivity contribution in [1.29, 1.82) is 0 Å². The van der Waals surface area contributed by atoms with Crippen LogP contribution in [-0.2, 0) is 0 Å². The van der Waals surface area contributed by atoms with Gasteiger partial charge in [0.1, 0.15) is 5.82 Å². The molecule has 1 aliphatic heterocycles. The lowest BCUT2D eigenvalue weighted by atomic mass is 9.98. The Morgan fingerprint density at radius 3 is 2.31 bits per heavy atom. The van der Waals surface area contributed by atoms with E-state index in [1.807, 2.05) is 53.5 Å². The highest BCUT2D eigenvalue weighted by atomic mass is 35.5. The van der Waals surface area contributed by atoms with Gasteiger partial charge in [-0.15, -0.1) is 0 Å². The molecule has 1 heterocycles. The Hall–Kier alpha value is -2.36. The third-order valence-corrected chi connectivity index (χ3v) is 4.90. The lowest BCUT2D eigenvalue weighted by molar-refractivity contribution is 0.627. The molecular weight excluding hydrogens is 370 g/mol. The first-order chi connectivity index (χ1) is 12.6. The third kappa shape index (κ3) is 3.46. The number of rotatable bonds is 3. The first-order valence-electron chi connectivity index (χ1n) is 8.24. The number of anilines is 1. The van der Waals surface area contributed by atoms with E-state index in [2.05, 4.69) is 0 Å². The molecule has 4 rings (SSSR count). The summed E-state index contributed by atoms with van der Waals surface area (Å²) in [6.07, 6.45) is 0.708. The van der Waals surface area contributed by atoms with E-state index >= 15 is 0 Å². The van der Waals surface area contributed by atoms with Crippen LogP contribution in [-0.4, -0.2) is 5.71 Å². The van der Waals surface area contributed by atoms with E-state index in [0.29, 0.717) is 16.5 Å². The number of nitrogens with zero attached hydrogens (tertiary/aromatic N) is 2.